The van der Waals surface area contributed by atoms with Crippen molar-refractivity contribution in [1.82, 2.24) is 4.90 Å². The molecule has 2 aliphatic carbocycles. The fraction of sp³-hybridized carbons (Fsp3) is 0.688. The Hall–Kier alpha value is -0.670. The Bertz CT molecular complexity index is 447. The second-order valence-corrected chi connectivity index (χ2v) is 7.56. The minimum Gasteiger partial charge on any atom is -0.299 e. The Balaban J connectivity index is 1.64. The van der Waals surface area contributed by atoms with E-state index in [9.17, 15) is 4.79 Å². The summed E-state index contributed by atoms with van der Waals surface area (Å²) in [6, 6.07) is 2.94. The predicted molar refractivity (Wildman–Crippen MR) is 79.3 cm³/mol. The first-order chi connectivity index (χ1) is 9.06. The van der Waals surface area contributed by atoms with Gasteiger partial charge in [-0.3, -0.25) is 9.69 Å². The first-order valence-electron chi connectivity index (χ1n) is 7.36. The van der Waals surface area contributed by atoms with Crippen molar-refractivity contribution in [3.8, 4) is 0 Å². The summed E-state index contributed by atoms with van der Waals surface area (Å²) in [5.74, 6) is 0.762. The average molecular weight is 277 g/mol. The normalized spacial score (nSPS) is 26.3. The van der Waals surface area contributed by atoms with Crippen molar-refractivity contribution in [2.75, 3.05) is 6.54 Å². The lowest BCUT2D eigenvalue weighted by Gasteiger charge is -2.25. The van der Waals surface area contributed by atoms with Gasteiger partial charge in [0.1, 0.15) is 5.78 Å². The number of thiophene rings is 1. The number of ketones is 1. The van der Waals surface area contributed by atoms with Crippen molar-refractivity contribution in [2.24, 2.45) is 11.3 Å². The maximum absolute atomic E-state index is 12.4. The van der Waals surface area contributed by atoms with E-state index in [0.717, 1.165) is 32.0 Å². The minimum absolute atomic E-state index is 0.0811. The zero-order valence-electron chi connectivity index (χ0n) is 11.9. The van der Waals surface area contributed by atoms with Crippen LogP contribution in [0.4, 0.5) is 0 Å². The summed E-state index contributed by atoms with van der Waals surface area (Å²) in [5.41, 5.74) is 1.32. The molecular formula is C16H23NOS. The van der Waals surface area contributed by atoms with Gasteiger partial charge in [-0.25, -0.2) is 0 Å². The molecule has 104 valence electrons. The lowest BCUT2D eigenvalue weighted by atomic mass is 9.89. The van der Waals surface area contributed by atoms with Gasteiger partial charge in [0.15, 0.2) is 0 Å². The van der Waals surface area contributed by atoms with Crippen LogP contribution in [0.3, 0.4) is 0 Å². The van der Waals surface area contributed by atoms with E-state index in [1.165, 1.54) is 18.4 Å². The molecule has 1 atom stereocenters. The van der Waals surface area contributed by atoms with E-state index in [1.54, 1.807) is 11.3 Å². The van der Waals surface area contributed by atoms with E-state index in [1.807, 2.05) is 0 Å². The molecule has 0 spiro atoms. The molecule has 19 heavy (non-hydrogen) atoms. The zero-order valence-corrected chi connectivity index (χ0v) is 12.7. The molecular weight excluding hydrogens is 254 g/mol. The molecule has 0 bridgehead atoms. The predicted octanol–water partition coefficient (Wildman–Crippen LogP) is 3.72. The molecule has 2 fully saturated rings. The molecule has 0 aromatic carbocycles. The number of carbonyl (C=O) groups is 1. The van der Waals surface area contributed by atoms with E-state index in [-0.39, 0.29) is 11.3 Å². The molecule has 1 unspecified atom stereocenters. The summed E-state index contributed by atoms with van der Waals surface area (Å²) in [6.07, 6.45) is 4.77. The molecule has 0 saturated heterocycles. The summed E-state index contributed by atoms with van der Waals surface area (Å²) < 4.78 is 0. The van der Waals surface area contributed by atoms with E-state index >= 15 is 0 Å². The maximum atomic E-state index is 12.4. The summed E-state index contributed by atoms with van der Waals surface area (Å²) in [7, 11) is 0. The Morgan fingerprint density at radius 1 is 1.37 bits per heavy atom. The minimum atomic E-state index is -0.0811. The first kappa shape index (κ1) is 13.3. The number of carbonyl (C=O) groups excluding carboxylic acids is 1. The number of hydrogen-bond acceptors (Lipinski definition) is 3. The van der Waals surface area contributed by atoms with Crippen molar-refractivity contribution in [1.29, 1.82) is 0 Å². The topological polar surface area (TPSA) is 20.3 Å². The van der Waals surface area contributed by atoms with Crippen LogP contribution >= 0.6 is 11.3 Å². The van der Waals surface area contributed by atoms with E-state index in [4.69, 9.17) is 0 Å². The highest BCUT2D eigenvalue weighted by Crippen LogP contribution is 2.39. The molecule has 0 N–H and O–H groups in total. The van der Waals surface area contributed by atoms with Gasteiger partial charge in [-0.1, -0.05) is 13.8 Å². The van der Waals surface area contributed by atoms with Gasteiger partial charge in [0.2, 0.25) is 0 Å². The largest absolute Gasteiger partial charge is 0.299 e. The van der Waals surface area contributed by atoms with Crippen molar-refractivity contribution >= 4 is 17.1 Å². The smallest absolute Gasteiger partial charge is 0.142 e. The molecule has 0 radical (unpaired) electrons. The van der Waals surface area contributed by atoms with E-state index in [2.05, 4.69) is 35.6 Å². The average Bonchev–Trinajstić information content (AvgIpc) is 3.04. The van der Waals surface area contributed by atoms with Gasteiger partial charge < -0.3 is 0 Å². The second kappa shape index (κ2) is 5.02. The third kappa shape index (κ3) is 2.92. The molecule has 0 aliphatic heterocycles. The highest BCUT2D eigenvalue weighted by atomic mass is 32.1. The number of nitrogens with zero attached hydrogens (tertiary/aromatic N) is 1. The van der Waals surface area contributed by atoms with Crippen molar-refractivity contribution < 1.29 is 4.79 Å². The van der Waals surface area contributed by atoms with Gasteiger partial charge >= 0.3 is 0 Å². The lowest BCUT2D eigenvalue weighted by molar-refractivity contribution is -0.128. The number of hydrogen-bond donors (Lipinski definition) is 0. The molecule has 3 rings (SSSR count). The van der Waals surface area contributed by atoms with Crippen LogP contribution < -0.4 is 0 Å². The molecule has 2 aliphatic rings. The molecule has 3 heteroatoms. The fourth-order valence-electron chi connectivity index (χ4n) is 3.20. The monoisotopic (exact) mass is 277 g/mol. The molecule has 2 saturated carbocycles. The standard InChI is InChI=1S/C16H23NOS/c1-16(2)7-5-13(15(16)18)10-17(14-3-4-14)9-12-6-8-19-11-12/h6,8,11,13-14H,3-5,7,9-10H2,1-2H3. The van der Waals surface area contributed by atoms with Crippen LogP contribution in [0.1, 0.15) is 45.1 Å². The maximum Gasteiger partial charge on any atom is 0.142 e. The van der Waals surface area contributed by atoms with Crippen LogP contribution in [-0.2, 0) is 11.3 Å². The van der Waals surface area contributed by atoms with Crippen LogP contribution in [0.5, 0.6) is 0 Å². The Morgan fingerprint density at radius 2 is 2.16 bits per heavy atom. The summed E-state index contributed by atoms with van der Waals surface area (Å²) in [4.78, 5) is 14.9. The first-order valence-corrected chi connectivity index (χ1v) is 8.30. The Kier molecular flexibility index (Phi) is 3.52. The molecule has 0 amide bonds. The zero-order chi connectivity index (χ0) is 13.5. The summed E-state index contributed by atoms with van der Waals surface area (Å²) in [6.45, 7) is 6.21. The molecule has 2 nitrogen and oxygen atoms in total. The van der Waals surface area contributed by atoms with E-state index < -0.39 is 0 Å². The number of rotatable bonds is 5. The van der Waals surface area contributed by atoms with Crippen LogP contribution in [-0.4, -0.2) is 23.3 Å². The van der Waals surface area contributed by atoms with Gasteiger partial charge in [-0.2, -0.15) is 11.3 Å². The Labute approximate surface area is 119 Å². The highest BCUT2D eigenvalue weighted by Gasteiger charge is 2.42. The van der Waals surface area contributed by atoms with Crippen molar-refractivity contribution in [2.45, 2.75) is 52.1 Å². The van der Waals surface area contributed by atoms with Crippen LogP contribution in [0.25, 0.3) is 0 Å². The van der Waals surface area contributed by atoms with E-state index in [0.29, 0.717) is 5.78 Å². The van der Waals surface area contributed by atoms with Crippen LogP contribution in [0.15, 0.2) is 16.8 Å². The summed E-state index contributed by atoms with van der Waals surface area (Å²) >= 11 is 1.76. The second-order valence-electron chi connectivity index (χ2n) is 6.78. The van der Waals surface area contributed by atoms with Gasteiger partial charge in [0.25, 0.3) is 0 Å². The van der Waals surface area contributed by atoms with Crippen LogP contribution in [0, 0.1) is 11.3 Å². The van der Waals surface area contributed by atoms with Crippen molar-refractivity contribution in [3.05, 3.63) is 22.4 Å². The highest BCUT2D eigenvalue weighted by molar-refractivity contribution is 7.07. The van der Waals surface area contributed by atoms with Gasteiger partial charge in [-0.05, 0) is 48.1 Å². The fourth-order valence-corrected chi connectivity index (χ4v) is 3.86. The third-order valence-electron chi connectivity index (χ3n) is 4.64. The quantitative estimate of drug-likeness (QED) is 0.817. The molecule has 1 heterocycles. The summed E-state index contributed by atoms with van der Waals surface area (Å²) in [5, 5.41) is 4.38. The number of Topliss-reactive ketones (excluding diaryl/α,β-unsaturated/α-hetero) is 1. The third-order valence-corrected chi connectivity index (χ3v) is 5.37. The Morgan fingerprint density at radius 3 is 2.68 bits per heavy atom. The molecule has 1 aromatic heterocycles. The molecule has 1 aromatic rings. The lowest BCUT2D eigenvalue weighted by Crippen LogP contribution is -2.34. The van der Waals surface area contributed by atoms with Crippen LogP contribution in [0.2, 0.25) is 0 Å². The van der Waals surface area contributed by atoms with Crippen molar-refractivity contribution in [3.63, 3.8) is 0 Å². The van der Waals surface area contributed by atoms with Gasteiger partial charge in [-0.15, -0.1) is 0 Å². The SMILES string of the molecule is CC1(C)CCC(CN(Cc2ccsc2)C2CC2)C1=O. The van der Waals surface area contributed by atoms with Gasteiger partial charge in [0.05, 0.1) is 0 Å². The van der Waals surface area contributed by atoms with Gasteiger partial charge in [0, 0.05) is 30.5 Å².